The summed E-state index contributed by atoms with van der Waals surface area (Å²) in [7, 11) is -3.70. The molecular weight excluding hydrogens is 469 g/mol. The second-order valence-electron chi connectivity index (χ2n) is 7.13. The maximum atomic E-state index is 13.1. The fourth-order valence-electron chi connectivity index (χ4n) is 3.00. The highest BCUT2D eigenvalue weighted by Gasteiger charge is 2.39. The van der Waals surface area contributed by atoms with Crippen LogP contribution in [0.15, 0.2) is 29.3 Å². The van der Waals surface area contributed by atoms with Gasteiger partial charge in [0.05, 0.1) is 16.7 Å². The normalized spacial score (nSPS) is 15.9. The third-order valence-electron chi connectivity index (χ3n) is 4.82. The largest absolute Gasteiger partial charge is 0.480 e. The molecule has 1 aromatic carbocycles. The van der Waals surface area contributed by atoms with Crippen molar-refractivity contribution in [1.29, 1.82) is 5.26 Å². The van der Waals surface area contributed by atoms with E-state index in [0.717, 1.165) is 31.4 Å². The van der Waals surface area contributed by atoms with Crippen LogP contribution in [0.3, 0.4) is 0 Å². The maximum Gasteiger partial charge on any atom is 0.425 e. The van der Waals surface area contributed by atoms with Gasteiger partial charge in [-0.15, -0.1) is 0 Å². The minimum Gasteiger partial charge on any atom is -0.480 e. The highest BCUT2D eigenvalue weighted by molar-refractivity contribution is 7.90. The van der Waals surface area contributed by atoms with E-state index < -0.39 is 28.0 Å². The topological polar surface area (TPSA) is 104 Å². The second kappa shape index (κ2) is 8.95. The van der Waals surface area contributed by atoms with Gasteiger partial charge in [0.25, 0.3) is 5.91 Å². The summed E-state index contributed by atoms with van der Waals surface area (Å²) in [6.07, 6.45) is -4.44. The van der Waals surface area contributed by atoms with E-state index in [1.165, 1.54) is 22.4 Å². The molecule has 0 aliphatic carbocycles. The van der Waals surface area contributed by atoms with Crippen molar-refractivity contribution >= 4 is 32.2 Å². The average molecular weight is 489 g/mol. The van der Waals surface area contributed by atoms with Gasteiger partial charge in [0.1, 0.15) is 16.7 Å². The predicted molar refractivity (Wildman–Crippen MR) is 111 cm³/mol. The van der Waals surface area contributed by atoms with Crippen LogP contribution in [-0.2, 0) is 9.84 Å². The number of aromatic nitrogens is 1. The number of amides is 1. The first-order chi connectivity index (χ1) is 14.9. The number of hydrogen-bond donors (Lipinski definition) is 0. The Labute approximate surface area is 186 Å². The van der Waals surface area contributed by atoms with Crippen molar-refractivity contribution in [3.63, 3.8) is 0 Å². The van der Waals surface area contributed by atoms with Crippen molar-refractivity contribution < 1.29 is 31.1 Å². The fourth-order valence-corrected chi connectivity index (χ4v) is 4.41. The highest BCUT2D eigenvalue weighted by atomic mass is 32.2. The number of alkyl halides is 3. The van der Waals surface area contributed by atoms with Crippen molar-refractivity contribution in [2.45, 2.75) is 24.1 Å². The van der Waals surface area contributed by atoms with E-state index in [1.54, 1.807) is 0 Å². The number of thiazole rings is 1. The lowest BCUT2D eigenvalue weighted by Crippen LogP contribution is -2.49. The molecule has 13 heteroatoms. The lowest BCUT2D eigenvalue weighted by Gasteiger charge is -2.35. The molecule has 172 valence electrons. The van der Waals surface area contributed by atoms with E-state index in [9.17, 15) is 26.4 Å². The molecule has 1 aromatic heterocycles. The van der Waals surface area contributed by atoms with Gasteiger partial charge in [-0.05, 0) is 25.1 Å². The Balaban J connectivity index is 1.83. The molecule has 0 N–H and O–H groups in total. The van der Waals surface area contributed by atoms with Gasteiger partial charge in [-0.1, -0.05) is 11.3 Å². The lowest BCUT2D eigenvalue weighted by molar-refractivity contribution is -0.189. The molecule has 0 radical (unpaired) electrons. The Bertz CT molecular complexity index is 1150. The zero-order valence-corrected chi connectivity index (χ0v) is 18.7. The molecule has 0 bridgehead atoms. The number of nitriles is 1. The Hall–Kier alpha value is -2.85. The third kappa shape index (κ3) is 5.31. The van der Waals surface area contributed by atoms with Gasteiger partial charge < -0.3 is 14.5 Å². The Morgan fingerprint density at radius 2 is 1.94 bits per heavy atom. The number of carbonyl (C=O) groups excluding carboxylic acids is 1. The summed E-state index contributed by atoms with van der Waals surface area (Å²) >= 11 is 1.22. The third-order valence-corrected chi connectivity index (χ3v) is 6.89. The minimum atomic E-state index is -4.66. The Kier molecular flexibility index (Phi) is 6.66. The fraction of sp³-hybridized carbons (Fsp3) is 0.421. The molecule has 1 unspecified atom stereocenters. The molecule has 0 spiro atoms. The number of nitrogens with zero attached hydrogens (tertiary/aromatic N) is 4. The van der Waals surface area contributed by atoms with Crippen molar-refractivity contribution in [2.75, 3.05) is 37.3 Å². The van der Waals surface area contributed by atoms with Crippen molar-refractivity contribution in [3.05, 3.63) is 34.8 Å². The quantitative estimate of drug-likeness (QED) is 0.638. The number of ether oxygens (including phenoxy) is 1. The number of anilines is 1. The zero-order chi connectivity index (χ0) is 23.7. The number of carbonyl (C=O) groups is 1. The molecule has 8 nitrogen and oxygen atoms in total. The van der Waals surface area contributed by atoms with Crippen molar-refractivity contribution in [3.8, 4) is 11.8 Å². The molecule has 1 amide bonds. The van der Waals surface area contributed by atoms with Crippen LogP contribution in [0.4, 0.5) is 18.3 Å². The van der Waals surface area contributed by atoms with Crippen LogP contribution in [0.2, 0.25) is 0 Å². The summed E-state index contributed by atoms with van der Waals surface area (Å²) in [5.74, 6) is -0.968. The molecule has 2 heterocycles. The van der Waals surface area contributed by atoms with Crippen LogP contribution in [0, 0.1) is 11.3 Å². The number of benzene rings is 1. The lowest BCUT2D eigenvalue weighted by atomic mass is 10.1. The first-order valence-corrected chi connectivity index (χ1v) is 12.1. The summed E-state index contributed by atoms with van der Waals surface area (Å²) in [5, 5.41) is 9.57. The predicted octanol–water partition coefficient (Wildman–Crippen LogP) is 2.71. The molecule has 0 saturated carbocycles. The molecule has 1 fully saturated rings. The number of rotatable bonds is 5. The van der Waals surface area contributed by atoms with E-state index in [-0.39, 0.29) is 29.3 Å². The van der Waals surface area contributed by atoms with Crippen molar-refractivity contribution in [1.82, 2.24) is 9.88 Å². The number of halogens is 3. The smallest absolute Gasteiger partial charge is 0.425 e. The standard InChI is InChI=1S/C19H19F3N4O4S2/c1-12(19(20,21)22)30-16-4-3-14(32(2,28)29)9-15(16)17(27)25-5-7-26(8-6-25)18-24-11-13(10-23)31-18/h3-4,9,11-12H,5-8H2,1-2H3. The average Bonchev–Trinajstić information content (AvgIpc) is 3.21. The van der Waals surface area contributed by atoms with E-state index in [0.29, 0.717) is 23.1 Å². The molecule has 32 heavy (non-hydrogen) atoms. The van der Waals surface area contributed by atoms with Crippen molar-refractivity contribution in [2.24, 2.45) is 0 Å². The second-order valence-corrected chi connectivity index (χ2v) is 10.2. The van der Waals surface area contributed by atoms with Crippen LogP contribution in [0.25, 0.3) is 0 Å². The summed E-state index contributed by atoms with van der Waals surface area (Å²) < 4.78 is 67.7. The Morgan fingerprint density at radius 1 is 1.28 bits per heavy atom. The number of piperazine rings is 1. The highest BCUT2D eigenvalue weighted by Crippen LogP contribution is 2.30. The van der Waals surface area contributed by atoms with Crippen LogP contribution < -0.4 is 9.64 Å². The van der Waals surface area contributed by atoms with Gasteiger partial charge in [-0.2, -0.15) is 18.4 Å². The summed E-state index contributed by atoms with van der Waals surface area (Å²) in [4.78, 5) is 20.9. The molecule has 1 saturated heterocycles. The van der Waals surface area contributed by atoms with E-state index in [2.05, 4.69) is 4.98 Å². The molecular formula is C19H19F3N4O4S2. The molecule has 3 rings (SSSR count). The zero-order valence-electron chi connectivity index (χ0n) is 17.1. The first-order valence-electron chi connectivity index (χ1n) is 9.38. The van der Waals surface area contributed by atoms with Crippen LogP contribution in [-0.4, -0.2) is 68.9 Å². The number of hydrogen-bond acceptors (Lipinski definition) is 8. The van der Waals surface area contributed by atoms with Crippen LogP contribution >= 0.6 is 11.3 Å². The maximum absolute atomic E-state index is 13.1. The monoisotopic (exact) mass is 488 g/mol. The number of sulfone groups is 1. The molecule has 1 aliphatic heterocycles. The van der Waals surface area contributed by atoms with Gasteiger partial charge in [-0.25, -0.2) is 13.4 Å². The van der Waals surface area contributed by atoms with Gasteiger partial charge >= 0.3 is 6.18 Å². The molecule has 2 aromatic rings. The first kappa shape index (κ1) is 23.8. The minimum absolute atomic E-state index is 0.196. The van der Waals surface area contributed by atoms with Crippen LogP contribution in [0.1, 0.15) is 22.2 Å². The molecule has 1 atom stereocenters. The SMILES string of the molecule is CC(Oc1ccc(S(C)(=O)=O)cc1C(=O)N1CCN(c2ncc(C#N)s2)CC1)C(F)(F)F. The van der Waals surface area contributed by atoms with Gasteiger partial charge in [0.15, 0.2) is 21.1 Å². The summed E-state index contributed by atoms with van der Waals surface area (Å²) in [5.41, 5.74) is -0.251. The summed E-state index contributed by atoms with van der Waals surface area (Å²) in [6.45, 7) is 2.06. The Morgan fingerprint density at radius 3 is 2.47 bits per heavy atom. The van der Waals surface area contributed by atoms with E-state index in [1.807, 2.05) is 11.0 Å². The molecule has 1 aliphatic rings. The van der Waals surface area contributed by atoms with Gasteiger partial charge in [-0.3, -0.25) is 4.79 Å². The van der Waals surface area contributed by atoms with Gasteiger partial charge in [0.2, 0.25) is 0 Å². The van der Waals surface area contributed by atoms with E-state index >= 15 is 0 Å². The van der Waals surface area contributed by atoms with Crippen LogP contribution in [0.5, 0.6) is 5.75 Å². The van der Waals surface area contributed by atoms with E-state index in [4.69, 9.17) is 10.00 Å². The summed E-state index contributed by atoms with van der Waals surface area (Å²) in [6, 6.07) is 5.23. The van der Waals surface area contributed by atoms with Gasteiger partial charge in [0, 0.05) is 32.4 Å².